The van der Waals surface area contributed by atoms with Gasteiger partial charge in [-0.1, -0.05) is 12.8 Å². The molecule has 1 aliphatic heterocycles. The number of ketones is 1. The largest absolute Gasteiger partial charge is 0.379 e. The van der Waals surface area contributed by atoms with Crippen molar-refractivity contribution in [3.8, 4) is 0 Å². The van der Waals surface area contributed by atoms with E-state index in [-0.39, 0.29) is 23.5 Å². The Morgan fingerprint density at radius 2 is 1.80 bits per heavy atom. The van der Waals surface area contributed by atoms with Gasteiger partial charge in [-0.05, 0) is 19.8 Å². The highest BCUT2D eigenvalue weighted by Crippen LogP contribution is 2.30. The van der Waals surface area contributed by atoms with Crippen LogP contribution in [0.2, 0.25) is 0 Å². The molecule has 1 aliphatic carbocycles. The van der Waals surface area contributed by atoms with Crippen LogP contribution in [0.15, 0.2) is 0 Å². The zero-order chi connectivity index (χ0) is 14.4. The highest BCUT2D eigenvalue weighted by Gasteiger charge is 2.33. The van der Waals surface area contributed by atoms with Gasteiger partial charge in [0, 0.05) is 38.0 Å². The van der Waals surface area contributed by atoms with Gasteiger partial charge in [0.15, 0.2) is 0 Å². The van der Waals surface area contributed by atoms with Crippen molar-refractivity contribution in [3.63, 3.8) is 0 Å². The first-order valence-corrected chi connectivity index (χ1v) is 7.77. The quantitative estimate of drug-likeness (QED) is 0.811. The summed E-state index contributed by atoms with van der Waals surface area (Å²) in [6, 6.07) is 0. The Balaban J connectivity index is 1.73. The van der Waals surface area contributed by atoms with Gasteiger partial charge < -0.3 is 10.1 Å². The molecule has 2 atom stereocenters. The van der Waals surface area contributed by atoms with Crippen molar-refractivity contribution < 1.29 is 14.3 Å². The fourth-order valence-electron chi connectivity index (χ4n) is 3.22. The van der Waals surface area contributed by atoms with Crippen LogP contribution in [0.25, 0.3) is 0 Å². The van der Waals surface area contributed by atoms with E-state index < -0.39 is 0 Å². The van der Waals surface area contributed by atoms with Gasteiger partial charge in [0.1, 0.15) is 5.78 Å². The lowest BCUT2D eigenvalue weighted by Crippen LogP contribution is -2.44. The Morgan fingerprint density at radius 1 is 1.15 bits per heavy atom. The molecule has 2 rings (SSSR count). The number of Topliss-reactive ketones (excluding diaryl/α,β-unsaturated/α-hetero) is 1. The lowest BCUT2D eigenvalue weighted by Gasteiger charge is -2.30. The minimum Gasteiger partial charge on any atom is -0.379 e. The molecule has 5 heteroatoms. The van der Waals surface area contributed by atoms with Crippen molar-refractivity contribution in [2.75, 3.05) is 39.4 Å². The molecule has 0 aromatic rings. The molecular formula is C15H26N2O3. The Labute approximate surface area is 121 Å². The standard InChI is InChI=1S/C15H26N2O3/c1-12(18)13-4-2-3-5-14(13)15(19)16-6-7-17-8-10-20-11-9-17/h13-14H,2-11H2,1H3,(H,16,19)/t13-,14-/m1/s1. The van der Waals surface area contributed by atoms with Gasteiger partial charge >= 0.3 is 0 Å². The van der Waals surface area contributed by atoms with E-state index in [0.717, 1.165) is 58.5 Å². The molecule has 1 saturated carbocycles. The molecule has 0 unspecified atom stereocenters. The molecule has 114 valence electrons. The summed E-state index contributed by atoms with van der Waals surface area (Å²) in [5.41, 5.74) is 0. The molecule has 5 nitrogen and oxygen atoms in total. The fourth-order valence-corrected chi connectivity index (χ4v) is 3.22. The van der Waals surface area contributed by atoms with Crippen LogP contribution >= 0.6 is 0 Å². The molecule has 0 radical (unpaired) electrons. The third-order valence-electron chi connectivity index (χ3n) is 4.46. The Bertz CT molecular complexity index is 340. The fraction of sp³-hybridized carbons (Fsp3) is 0.867. The monoisotopic (exact) mass is 282 g/mol. The Morgan fingerprint density at radius 3 is 2.45 bits per heavy atom. The number of hydrogen-bond donors (Lipinski definition) is 1. The summed E-state index contributed by atoms with van der Waals surface area (Å²) in [5.74, 6) is 0.0641. The van der Waals surface area contributed by atoms with Gasteiger partial charge in [-0.15, -0.1) is 0 Å². The van der Waals surface area contributed by atoms with E-state index in [1.54, 1.807) is 6.92 Å². The van der Waals surface area contributed by atoms with E-state index in [2.05, 4.69) is 10.2 Å². The summed E-state index contributed by atoms with van der Waals surface area (Å²) in [5, 5.41) is 3.01. The summed E-state index contributed by atoms with van der Waals surface area (Å²) in [6.45, 7) is 6.59. The third kappa shape index (κ3) is 4.28. The zero-order valence-corrected chi connectivity index (χ0v) is 12.4. The van der Waals surface area contributed by atoms with Crippen molar-refractivity contribution in [2.24, 2.45) is 11.8 Å². The second-order valence-electron chi connectivity index (χ2n) is 5.85. The number of rotatable bonds is 5. The number of nitrogens with one attached hydrogen (secondary N) is 1. The lowest BCUT2D eigenvalue weighted by molar-refractivity contribution is -0.134. The number of ether oxygens (including phenoxy) is 1. The topological polar surface area (TPSA) is 58.6 Å². The number of nitrogens with zero attached hydrogens (tertiary/aromatic N) is 1. The molecule has 1 heterocycles. The normalized spacial score (nSPS) is 28.1. The maximum Gasteiger partial charge on any atom is 0.223 e. The summed E-state index contributed by atoms with van der Waals surface area (Å²) < 4.78 is 5.30. The molecule has 1 saturated heterocycles. The van der Waals surface area contributed by atoms with Crippen molar-refractivity contribution in [2.45, 2.75) is 32.6 Å². The zero-order valence-electron chi connectivity index (χ0n) is 12.4. The predicted octanol–water partition coefficient (Wildman–Crippen LogP) is 0.830. The second kappa shape index (κ2) is 7.74. The van der Waals surface area contributed by atoms with Crippen LogP contribution in [0.4, 0.5) is 0 Å². The highest BCUT2D eigenvalue weighted by atomic mass is 16.5. The van der Waals surface area contributed by atoms with E-state index in [4.69, 9.17) is 4.74 Å². The van der Waals surface area contributed by atoms with Gasteiger partial charge in [-0.2, -0.15) is 0 Å². The average Bonchev–Trinajstić information content (AvgIpc) is 2.48. The summed E-state index contributed by atoms with van der Waals surface area (Å²) in [6.07, 6.45) is 3.86. The van der Waals surface area contributed by atoms with Crippen molar-refractivity contribution in [1.82, 2.24) is 10.2 Å². The van der Waals surface area contributed by atoms with Crippen LogP contribution in [-0.4, -0.2) is 56.0 Å². The van der Waals surface area contributed by atoms with Gasteiger partial charge in [0.2, 0.25) is 5.91 Å². The number of amides is 1. The summed E-state index contributed by atoms with van der Waals surface area (Å²) >= 11 is 0. The van der Waals surface area contributed by atoms with Crippen molar-refractivity contribution in [3.05, 3.63) is 0 Å². The van der Waals surface area contributed by atoms with Crippen molar-refractivity contribution in [1.29, 1.82) is 0 Å². The molecular weight excluding hydrogens is 256 g/mol. The van der Waals surface area contributed by atoms with E-state index in [9.17, 15) is 9.59 Å². The molecule has 20 heavy (non-hydrogen) atoms. The van der Waals surface area contributed by atoms with Crippen LogP contribution < -0.4 is 5.32 Å². The molecule has 1 amide bonds. The van der Waals surface area contributed by atoms with E-state index in [1.807, 2.05) is 0 Å². The number of carbonyl (C=O) groups is 2. The molecule has 2 fully saturated rings. The van der Waals surface area contributed by atoms with Gasteiger partial charge in [-0.25, -0.2) is 0 Å². The molecule has 0 aromatic carbocycles. The lowest BCUT2D eigenvalue weighted by atomic mass is 9.77. The van der Waals surface area contributed by atoms with Crippen LogP contribution in [0, 0.1) is 11.8 Å². The van der Waals surface area contributed by atoms with Gasteiger partial charge in [0.25, 0.3) is 0 Å². The molecule has 2 aliphatic rings. The molecule has 0 spiro atoms. The van der Waals surface area contributed by atoms with Gasteiger partial charge in [-0.3, -0.25) is 14.5 Å². The number of morpholine rings is 1. The molecule has 1 N–H and O–H groups in total. The van der Waals surface area contributed by atoms with Crippen LogP contribution in [0.1, 0.15) is 32.6 Å². The Kier molecular flexibility index (Phi) is 5.98. The Hall–Kier alpha value is -0.940. The minimum absolute atomic E-state index is 0.0628. The molecule has 0 bridgehead atoms. The first kappa shape index (κ1) is 15.4. The maximum absolute atomic E-state index is 12.2. The summed E-state index contributed by atoms with van der Waals surface area (Å²) in [7, 11) is 0. The van der Waals surface area contributed by atoms with E-state index in [1.165, 1.54) is 0 Å². The number of carbonyl (C=O) groups excluding carboxylic acids is 2. The van der Waals surface area contributed by atoms with Crippen LogP contribution in [-0.2, 0) is 14.3 Å². The third-order valence-corrected chi connectivity index (χ3v) is 4.46. The second-order valence-corrected chi connectivity index (χ2v) is 5.85. The average molecular weight is 282 g/mol. The molecule has 0 aromatic heterocycles. The van der Waals surface area contributed by atoms with Crippen LogP contribution in [0.3, 0.4) is 0 Å². The van der Waals surface area contributed by atoms with Crippen LogP contribution in [0.5, 0.6) is 0 Å². The number of hydrogen-bond acceptors (Lipinski definition) is 4. The smallest absolute Gasteiger partial charge is 0.223 e. The maximum atomic E-state index is 12.2. The first-order chi connectivity index (χ1) is 9.68. The predicted molar refractivity (Wildman–Crippen MR) is 76.4 cm³/mol. The van der Waals surface area contributed by atoms with Crippen molar-refractivity contribution >= 4 is 11.7 Å². The van der Waals surface area contributed by atoms with E-state index in [0.29, 0.717) is 6.54 Å². The van der Waals surface area contributed by atoms with Gasteiger partial charge in [0.05, 0.1) is 13.2 Å². The highest BCUT2D eigenvalue weighted by molar-refractivity contribution is 5.87. The first-order valence-electron chi connectivity index (χ1n) is 7.77. The minimum atomic E-state index is -0.106. The summed E-state index contributed by atoms with van der Waals surface area (Å²) in [4.78, 5) is 26.2. The SMILES string of the molecule is CC(=O)[C@H]1CCCC[C@H]1C(=O)NCCN1CCOCC1. The van der Waals surface area contributed by atoms with E-state index >= 15 is 0 Å².